The van der Waals surface area contributed by atoms with E-state index in [1.165, 1.54) is 11.1 Å². The normalized spacial score (nSPS) is 16.9. The Morgan fingerprint density at radius 2 is 2.24 bits per heavy atom. The zero-order valence-electron chi connectivity index (χ0n) is 13.2. The molecule has 1 aliphatic carbocycles. The highest BCUT2D eigenvalue weighted by Gasteiger charge is 2.21. The van der Waals surface area contributed by atoms with Crippen LogP contribution in [0.1, 0.15) is 43.9 Å². The number of rotatable bonds is 7. The van der Waals surface area contributed by atoms with Crippen LogP contribution < -0.4 is 15.4 Å². The summed E-state index contributed by atoms with van der Waals surface area (Å²) >= 11 is 0. The average molecular weight is 290 g/mol. The number of hydrogen-bond donors (Lipinski definition) is 2. The molecule has 1 unspecified atom stereocenters. The lowest BCUT2D eigenvalue weighted by Crippen LogP contribution is -2.30. The SMILES string of the molecule is CNC1CCc2cc(OCC(=O)NCCC(C)C)ccc21. The Balaban J connectivity index is 1.80. The molecule has 1 aliphatic rings. The molecule has 0 aromatic heterocycles. The first-order valence-corrected chi connectivity index (χ1v) is 7.79. The molecule has 1 aromatic carbocycles. The summed E-state index contributed by atoms with van der Waals surface area (Å²) in [6, 6.07) is 6.58. The Morgan fingerprint density at radius 1 is 1.43 bits per heavy atom. The van der Waals surface area contributed by atoms with Crippen LogP contribution in [0.25, 0.3) is 0 Å². The predicted octanol–water partition coefficient (Wildman–Crippen LogP) is 2.43. The third-order valence-corrected chi connectivity index (χ3v) is 3.95. The maximum Gasteiger partial charge on any atom is 0.257 e. The molecule has 0 saturated heterocycles. The van der Waals surface area contributed by atoms with Crippen molar-refractivity contribution in [3.8, 4) is 5.75 Å². The molecule has 0 saturated carbocycles. The fourth-order valence-electron chi connectivity index (χ4n) is 2.68. The largest absolute Gasteiger partial charge is 0.484 e. The first-order valence-electron chi connectivity index (χ1n) is 7.79. The van der Waals surface area contributed by atoms with E-state index in [0.29, 0.717) is 18.5 Å². The van der Waals surface area contributed by atoms with Gasteiger partial charge in [0.1, 0.15) is 5.75 Å². The van der Waals surface area contributed by atoms with Crippen molar-refractivity contribution in [2.24, 2.45) is 5.92 Å². The van der Waals surface area contributed by atoms with Gasteiger partial charge in [-0.1, -0.05) is 19.9 Å². The van der Waals surface area contributed by atoms with E-state index in [2.05, 4.69) is 36.6 Å². The molecule has 0 bridgehead atoms. The molecule has 0 heterocycles. The molecule has 0 fully saturated rings. The second-order valence-corrected chi connectivity index (χ2v) is 6.06. The molecule has 4 heteroatoms. The Labute approximate surface area is 127 Å². The monoisotopic (exact) mass is 290 g/mol. The van der Waals surface area contributed by atoms with Gasteiger partial charge in [0.2, 0.25) is 0 Å². The fourth-order valence-corrected chi connectivity index (χ4v) is 2.68. The molecule has 1 amide bonds. The zero-order chi connectivity index (χ0) is 15.2. The summed E-state index contributed by atoms with van der Waals surface area (Å²) in [5.74, 6) is 1.33. The first-order chi connectivity index (χ1) is 10.1. The maximum atomic E-state index is 11.7. The highest BCUT2D eigenvalue weighted by molar-refractivity contribution is 5.77. The van der Waals surface area contributed by atoms with Crippen molar-refractivity contribution in [3.05, 3.63) is 29.3 Å². The second kappa shape index (κ2) is 7.46. The Hall–Kier alpha value is -1.55. The van der Waals surface area contributed by atoms with Gasteiger partial charge >= 0.3 is 0 Å². The molecular weight excluding hydrogens is 264 g/mol. The third-order valence-electron chi connectivity index (χ3n) is 3.95. The summed E-state index contributed by atoms with van der Waals surface area (Å²) in [6.07, 6.45) is 3.19. The van der Waals surface area contributed by atoms with Crippen LogP contribution in [0.4, 0.5) is 0 Å². The quantitative estimate of drug-likeness (QED) is 0.811. The van der Waals surface area contributed by atoms with Crippen LogP contribution in [0.3, 0.4) is 0 Å². The number of fused-ring (bicyclic) bond motifs is 1. The van der Waals surface area contributed by atoms with Gasteiger partial charge in [-0.05, 0) is 55.5 Å². The Kier molecular flexibility index (Phi) is 5.62. The lowest BCUT2D eigenvalue weighted by molar-refractivity contribution is -0.123. The molecular formula is C17H26N2O2. The number of nitrogens with one attached hydrogen (secondary N) is 2. The molecule has 2 N–H and O–H groups in total. The van der Waals surface area contributed by atoms with Gasteiger partial charge in [0.15, 0.2) is 6.61 Å². The summed E-state index contributed by atoms with van der Waals surface area (Å²) < 4.78 is 5.59. The number of benzene rings is 1. The van der Waals surface area contributed by atoms with Gasteiger partial charge in [-0.25, -0.2) is 0 Å². The highest BCUT2D eigenvalue weighted by Crippen LogP contribution is 2.33. The van der Waals surface area contributed by atoms with Crippen LogP contribution in [-0.4, -0.2) is 26.1 Å². The van der Waals surface area contributed by atoms with Crippen molar-refractivity contribution in [3.63, 3.8) is 0 Å². The molecule has 0 spiro atoms. The number of amides is 1. The van der Waals surface area contributed by atoms with Crippen molar-refractivity contribution < 1.29 is 9.53 Å². The summed E-state index contributed by atoms with van der Waals surface area (Å²) in [4.78, 5) is 11.7. The van der Waals surface area contributed by atoms with E-state index in [1.54, 1.807) is 0 Å². The maximum absolute atomic E-state index is 11.7. The van der Waals surface area contributed by atoms with Crippen LogP contribution >= 0.6 is 0 Å². The molecule has 0 radical (unpaired) electrons. The van der Waals surface area contributed by atoms with E-state index < -0.39 is 0 Å². The summed E-state index contributed by atoms with van der Waals surface area (Å²) in [5.41, 5.74) is 2.68. The lowest BCUT2D eigenvalue weighted by Gasteiger charge is -2.12. The van der Waals surface area contributed by atoms with Crippen LogP contribution in [0.2, 0.25) is 0 Å². The molecule has 2 rings (SSSR count). The Morgan fingerprint density at radius 3 is 2.95 bits per heavy atom. The number of carbonyl (C=O) groups excluding carboxylic acids is 1. The third kappa shape index (κ3) is 4.46. The van der Waals surface area contributed by atoms with Gasteiger partial charge in [0.25, 0.3) is 5.91 Å². The first kappa shape index (κ1) is 15.8. The van der Waals surface area contributed by atoms with Crippen LogP contribution in [0, 0.1) is 5.92 Å². The summed E-state index contributed by atoms with van der Waals surface area (Å²) in [7, 11) is 1.99. The molecule has 4 nitrogen and oxygen atoms in total. The Bertz CT molecular complexity index is 486. The minimum absolute atomic E-state index is 0.0516. The lowest BCUT2D eigenvalue weighted by atomic mass is 10.1. The van der Waals surface area contributed by atoms with Crippen molar-refractivity contribution in [2.45, 2.75) is 39.2 Å². The standard InChI is InChI=1S/C17H26N2O2/c1-12(2)8-9-19-17(20)11-21-14-5-6-15-13(10-14)4-7-16(15)18-3/h5-6,10,12,16,18H,4,7-9,11H2,1-3H3,(H,19,20). The molecule has 116 valence electrons. The van der Waals surface area contributed by atoms with E-state index in [1.807, 2.05) is 13.1 Å². The molecule has 0 aliphatic heterocycles. The highest BCUT2D eigenvalue weighted by atomic mass is 16.5. The van der Waals surface area contributed by atoms with Gasteiger partial charge in [0.05, 0.1) is 0 Å². The minimum atomic E-state index is -0.0516. The van der Waals surface area contributed by atoms with Gasteiger partial charge in [-0.2, -0.15) is 0 Å². The second-order valence-electron chi connectivity index (χ2n) is 6.06. The van der Waals surface area contributed by atoms with Crippen LogP contribution in [0.15, 0.2) is 18.2 Å². The van der Waals surface area contributed by atoms with E-state index in [0.717, 1.165) is 25.0 Å². The van der Waals surface area contributed by atoms with E-state index >= 15 is 0 Å². The minimum Gasteiger partial charge on any atom is -0.484 e. The topological polar surface area (TPSA) is 50.4 Å². The van der Waals surface area contributed by atoms with Crippen LogP contribution in [-0.2, 0) is 11.2 Å². The van der Waals surface area contributed by atoms with E-state index in [-0.39, 0.29) is 12.5 Å². The van der Waals surface area contributed by atoms with E-state index in [9.17, 15) is 4.79 Å². The smallest absolute Gasteiger partial charge is 0.257 e. The summed E-state index contributed by atoms with van der Waals surface area (Å²) in [5, 5.41) is 6.20. The fraction of sp³-hybridized carbons (Fsp3) is 0.588. The molecule has 1 aromatic rings. The van der Waals surface area contributed by atoms with Crippen molar-refractivity contribution in [1.29, 1.82) is 0 Å². The average Bonchev–Trinajstić information content (AvgIpc) is 2.87. The number of carbonyl (C=O) groups is 1. The van der Waals surface area contributed by atoms with Crippen molar-refractivity contribution in [2.75, 3.05) is 20.2 Å². The van der Waals surface area contributed by atoms with E-state index in [4.69, 9.17) is 4.74 Å². The van der Waals surface area contributed by atoms with Gasteiger partial charge in [0, 0.05) is 12.6 Å². The predicted molar refractivity (Wildman–Crippen MR) is 84.5 cm³/mol. The number of hydrogen-bond acceptors (Lipinski definition) is 3. The van der Waals surface area contributed by atoms with Crippen molar-refractivity contribution >= 4 is 5.91 Å². The van der Waals surface area contributed by atoms with Gasteiger partial charge in [-0.15, -0.1) is 0 Å². The summed E-state index contributed by atoms with van der Waals surface area (Å²) in [6.45, 7) is 5.09. The van der Waals surface area contributed by atoms with Crippen molar-refractivity contribution in [1.82, 2.24) is 10.6 Å². The van der Waals surface area contributed by atoms with Crippen LogP contribution in [0.5, 0.6) is 5.75 Å². The zero-order valence-corrected chi connectivity index (χ0v) is 13.2. The number of aryl methyl sites for hydroxylation is 1. The number of ether oxygens (including phenoxy) is 1. The van der Waals surface area contributed by atoms with Gasteiger partial charge < -0.3 is 15.4 Å². The van der Waals surface area contributed by atoms with Gasteiger partial charge in [-0.3, -0.25) is 4.79 Å². The molecule has 21 heavy (non-hydrogen) atoms. The molecule has 1 atom stereocenters.